The van der Waals surface area contributed by atoms with Gasteiger partial charge in [0.15, 0.2) is 0 Å². The van der Waals surface area contributed by atoms with Gasteiger partial charge in [-0.3, -0.25) is 14.7 Å². The third-order valence-electron chi connectivity index (χ3n) is 5.59. The molecule has 28 heavy (non-hydrogen) atoms. The molecule has 0 spiro atoms. The minimum absolute atomic E-state index is 0.111. The van der Waals surface area contributed by atoms with Gasteiger partial charge in [0.05, 0.1) is 17.6 Å². The standard InChI is InChI=1S/C22H27N5O/c1-4-17-5-6-20-18(14-17)19(13-16(2)24-20)22(28)27-11-9-26(10-12-27)15-21-23-7-8-25(21)3/h5-8,13-14H,4,9-12,15H2,1-3H3. The molecule has 2 aromatic heterocycles. The van der Waals surface area contributed by atoms with Crippen molar-refractivity contribution in [2.24, 2.45) is 7.05 Å². The summed E-state index contributed by atoms with van der Waals surface area (Å²) in [5.41, 5.74) is 3.78. The molecule has 1 aliphatic rings. The second kappa shape index (κ2) is 7.72. The minimum Gasteiger partial charge on any atom is -0.337 e. The number of aromatic nitrogens is 3. The Bertz CT molecular complexity index is 1000. The van der Waals surface area contributed by atoms with Crippen molar-refractivity contribution in [3.63, 3.8) is 0 Å². The van der Waals surface area contributed by atoms with Crippen LogP contribution in [-0.2, 0) is 20.0 Å². The summed E-state index contributed by atoms with van der Waals surface area (Å²) in [7, 11) is 2.02. The fraction of sp³-hybridized carbons (Fsp3) is 0.409. The molecular formula is C22H27N5O. The number of hydrogen-bond acceptors (Lipinski definition) is 4. The lowest BCUT2D eigenvalue weighted by Crippen LogP contribution is -2.48. The lowest BCUT2D eigenvalue weighted by molar-refractivity contribution is 0.0626. The lowest BCUT2D eigenvalue weighted by Gasteiger charge is -2.34. The highest BCUT2D eigenvalue weighted by atomic mass is 16.2. The molecule has 3 heterocycles. The summed E-state index contributed by atoms with van der Waals surface area (Å²) in [4.78, 5) is 26.7. The maximum absolute atomic E-state index is 13.3. The minimum atomic E-state index is 0.111. The second-order valence-electron chi connectivity index (χ2n) is 7.54. The van der Waals surface area contributed by atoms with E-state index in [0.29, 0.717) is 0 Å². The first-order valence-corrected chi connectivity index (χ1v) is 9.93. The lowest BCUT2D eigenvalue weighted by atomic mass is 10.0. The van der Waals surface area contributed by atoms with Crippen molar-refractivity contribution in [1.82, 2.24) is 24.3 Å². The number of carbonyl (C=O) groups is 1. The first-order chi connectivity index (χ1) is 13.5. The van der Waals surface area contributed by atoms with E-state index in [1.165, 1.54) is 5.56 Å². The van der Waals surface area contributed by atoms with E-state index in [0.717, 1.165) is 67.1 Å². The monoisotopic (exact) mass is 377 g/mol. The van der Waals surface area contributed by atoms with Crippen molar-refractivity contribution in [3.8, 4) is 0 Å². The van der Waals surface area contributed by atoms with Gasteiger partial charge < -0.3 is 9.47 Å². The maximum atomic E-state index is 13.3. The molecule has 0 bridgehead atoms. The predicted octanol–water partition coefficient (Wildman–Crippen LogP) is 2.80. The van der Waals surface area contributed by atoms with E-state index in [4.69, 9.17) is 0 Å². The Morgan fingerprint density at radius 2 is 1.93 bits per heavy atom. The highest BCUT2D eigenvalue weighted by Crippen LogP contribution is 2.23. The van der Waals surface area contributed by atoms with Crippen LogP contribution in [0.15, 0.2) is 36.7 Å². The van der Waals surface area contributed by atoms with E-state index in [9.17, 15) is 4.79 Å². The molecule has 1 saturated heterocycles. The van der Waals surface area contributed by atoms with Gasteiger partial charge in [-0.15, -0.1) is 0 Å². The third-order valence-corrected chi connectivity index (χ3v) is 5.59. The first kappa shape index (κ1) is 18.6. The van der Waals surface area contributed by atoms with E-state index in [2.05, 4.69) is 38.5 Å². The first-order valence-electron chi connectivity index (χ1n) is 9.93. The predicted molar refractivity (Wildman–Crippen MR) is 110 cm³/mol. The molecular weight excluding hydrogens is 350 g/mol. The summed E-state index contributed by atoms with van der Waals surface area (Å²) >= 11 is 0. The van der Waals surface area contributed by atoms with Crippen LogP contribution in [0, 0.1) is 6.92 Å². The Morgan fingerprint density at radius 1 is 1.14 bits per heavy atom. The number of benzene rings is 1. The highest BCUT2D eigenvalue weighted by Gasteiger charge is 2.24. The molecule has 0 aliphatic carbocycles. The molecule has 1 amide bonds. The van der Waals surface area contributed by atoms with Gasteiger partial charge in [-0.1, -0.05) is 13.0 Å². The largest absolute Gasteiger partial charge is 0.337 e. The zero-order valence-electron chi connectivity index (χ0n) is 16.9. The van der Waals surface area contributed by atoms with Crippen LogP contribution in [0.1, 0.15) is 34.4 Å². The zero-order valence-corrected chi connectivity index (χ0v) is 16.9. The highest BCUT2D eigenvalue weighted by molar-refractivity contribution is 6.06. The normalized spacial score (nSPS) is 15.3. The Balaban J connectivity index is 1.52. The second-order valence-corrected chi connectivity index (χ2v) is 7.54. The molecule has 0 atom stereocenters. The molecule has 3 aromatic rings. The van der Waals surface area contributed by atoms with Crippen molar-refractivity contribution in [3.05, 3.63) is 59.3 Å². The summed E-state index contributed by atoms with van der Waals surface area (Å²) in [5.74, 6) is 1.17. The van der Waals surface area contributed by atoms with Crippen LogP contribution in [0.4, 0.5) is 0 Å². The Hall–Kier alpha value is -2.73. The van der Waals surface area contributed by atoms with E-state index >= 15 is 0 Å². The smallest absolute Gasteiger partial charge is 0.254 e. The number of hydrogen-bond donors (Lipinski definition) is 0. The molecule has 0 N–H and O–H groups in total. The summed E-state index contributed by atoms with van der Waals surface area (Å²) in [6, 6.07) is 8.18. The molecule has 6 heteroatoms. The molecule has 1 aliphatic heterocycles. The Kier molecular flexibility index (Phi) is 5.13. The SMILES string of the molecule is CCc1ccc2nc(C)cc(C(=O)N3CCN(Cc4nccn4C)CC3)c2c1. The van der Waals surface area contributed by atoms with Crippen LogP contribution < -0.4 is 0 Å². The van der Waals surface area contributed by atoms with Crippen molar-refractivity contribution >= 4 is 16.8 Å². The molecule has 0 unspecified atom stereocenters. The molecule has 0 radical (unpaired) electrons. The number of aryl methyl sites for hydroxylation is 3. The summed E-state index contributed by atoms with van der Waals surface area (Å²) in [5, 5.41) is 0.963. The number of fused-ring (bicyclic) bond motifs is 1. The number of piperazine rings is 1. The molecule has 4 rings (SSSR count). The zero-order chi connectivity index (χ0) is 19.7. The Labute approximate surface area is 165 Å². The van der Waals surface area contributed by atoms with E-state index < -0.39 is 0 Å². The fourth-order valence-electron chi connectivity index (χ4n) is 3.83. The van der Waals surface area contributed by atoms with Gasteiger partial charge in [0.25, 0.3) is 5.91 Å². The van der Waals surface area contributed by atoms with Gasteiger partial charge in [0.1, 0.15) is 5.82 Å². The number of imidazole rings is 1. The van der Waals surface area contributed by atoms with Crippen LogP contribution >= 0.6 is 0 Å². The quantitative estimate of drug-likeness (QED) is 0.702. The third kappa shape index (κ3) is 3.64. The van der Waals surface area contributed by atoms with E-state index in [-0.39, 0.29) is 5.91 Å². The van der Waals surface area contributed by atoms with Gasteiger partial charge in [-0.05, 0) is 37.1 Å². The number of carbonyl (C=O) groups excluding carboxylic acids is 1. The van der Waals surface area contributed by atoms with Crippen LogP contribution in [0.5, 0.6) is 0 Å². The van der Waals surface area contributed by atoms with Gasteiger partial charge in [-0.2, -0.15) is 0 Å². The van der Waals surface area contributed by atoms with Crippen molar-refractivity contribution < 1.29 is 4.79 Å². The summed E-state index contributed by atoms with van der Waals surface area (Å²) < 4.78 is 2.05. The van der Waals surface area contributed by atoms with Crippen LogP contribution in [0.3, 0.4) is 0 Å². The van der Waals surface area contributed by atoms with E-state index in [1.807, 2.05) is 43.4 Å². The van der Waals surface area contributed by atoms with Crippen LogP contribution in [-0.4, -0.2) is 56.4 Å². The van der Waals surface area contributed by atoms with E-state index in [1.54, 1.807) is 0 Å². The summed E-state index contributed by atoms with van der Waals surface area (Å²) in [6.07, 6.45) is 4.75. The fourth-order valence-corrected chi connectivity index (χ4v) is 3.83. The topological polar surface area (TPSA) is 54.3 Å². The molecule has 0 saturated carbocycles. The van der Waals surface area contributed by atoms with Crippen molar-refractivity contribution in [1.29, 1.82) is 0 Å². The molecule has 1 aromatic carbocycles. The average molecular weight is 377 g/mol. The van der Waals surface area contributed by atoms with Crippen molar-refractivity contribution in [2.75, 3.05) is 26.2 Å². The number of pyridine rings is 1. The van der Waals surface area contributed by atoms with Gasteiger partial charge in [-0.25, -0.2) is 4.98 Å². The average Bonchev–Trinajstić information content (AvgIpc) is 3.11. The summed E-state index contributed by atoms with van der Waals surface area (Å²) in [6.45, 7) is 8.10. The van der Waals surface area contributed by atoms with Crippen LogP contribution in [0.2, 0.25) is 0 Å². The van der Waals surface area contributed by atoms with Gasteiger partial charge >= 0.3 is 0 Å². The molecule has 1 fully saturated rings. The maximum Gasteiger partial charge on any atom is 0.254 e. The van der Waals surface area contributed by atoms with Crippen LogP contribution in [0.25, 0.3) is 10.9 Å². The van der Waals surface area contributed by atoms with Crippen molar-refractivity contribution in [2.45, 2.75) is 26.8 Å². The number of nitrogens with zero attached hydrogens (tertiary/aromatic N) is 5. The number of amides is 1. The molecule has 6 nitrogen and oxygen atoms in total. The molecule has 146 valence electrons. The number of rotatable bonds is 4. The van der Waals surface area contributed by atoms with Gasteiger partial charge in [0, 0.05) is 56.7 Å². The Morgan fingerprint density at radius 3 is 2.61 bits per heavy atom. The van der Waals surface area contributed by atoms with Gasteiger partial charge in [0.2, 0.25) is 0 Å².